The molecule has 1 atom stereocenters. The zero-order valence-electron chi connectivity index (χ0n) is 8.96. The molecule has 0 spiro atoms. The minimum atomic E-state index is 0.579. The van der Waals surface area contributed by atoms with Crippen molar-refractivity contribution in [1.29, 1.82) is 0 Å². The molecule has 0 radical (unpaired) electrons. The quantitative estimate of drug-likeness (QED) is 0.758. The molecule has 1 heterocycles. The molecule has 3 nitrogen and oxygen atoms in total. The Morgan fingerprint density at radius 2 is 2.31 bits per heavy atom. The average molecular weight is 181 g/mol. The highest BCUT2D eigenvalue weighted by Crippen LogP contribution is 2.06. The van der Waals surface area contributed by atoms with Crippen molar-refractivity contribution < 1.29 is 0 Å². The van der Waals surface area contributed by atoms with E-state index in [1.165, 1.54) is 5.69 Å². The molecule has 74 valence electrons. The maximum Gasteiger partial charge on any atom is 0.0596 e. The molecule has 1 N–H and O–H groups in total. The minimum Gasteiger partial charge on any atom is -0.317 e. The van der Waals surface area contributed by atoms with E-state index in [0.29, 0.717) is 6.04 Å². The van der Waals surface area contributed by atoms with E-state index in [-0.39, 0.29) is 0 Å². The van der Waals surface area contributed by atoms with Gasteiger partial charge >= 0.3 is 0 Å². The number of aryl methyl sites for hydroxylation is 3. The summed E-state index contributed by atoms with van der Waals surface area (Å²) in [4.78, 5) is 0. The molecule has 1 aromatic heterocycles. The van der Waals surface area contributed by atoms with E-state index >= 15 is 0 Å². The summed E-state index contributed by atoms with van der Waals surface area (Å²) in [5, 5.41) is 7.54. The lowest BCUT2D eigenvalue weighted by atomic mass is 10.1. The van der Waals surface area contributed by atoms with E-state index in [1.807, 2.05) is 25.7 Å². The van der Waals surface area contributed by atoms with E-state index in [4.69, 9.17) is 0 Å². The van der Waals surface area contributed by atoms with Crippen molar-refractivity contribution in [3.8, 4) is 0 Å². The maximum absolute atomic E-state index is 4.31. The Morgan fingerprint density at radius 3 is 2.77 bits per heavy atom. The second-order valence-electron chi connectivity index (χ2n) is 3.63. The number of nitrogens with one attached hydrogen (secondary N) is 1. The van der Waals surface area contributed by atoms with Crippen molar-refractivity contribution in [2.45, 2.75) is 32.7 Å². The van der Waals surface area contributed by atoms with Gasteiger partial charge in [0.2, 0.25) is 0 Å². The van der Waals surface area contributed by atoms with Gasteiger partial charge in [-0.2, -0.15) is 5.10 Å². The average Bonchev–Trinajstić information content (AvgIpc) is 2.41. The first-order valence-corrected chi connectivity index (χ1v) is 4.80. The first-order valence-electron chi connectivity index (χ1n) is 4.80. The van der Waals surface area contributed by atoms with Gasteiger partial charge in [0.1, 0.15) is 0 Å². The molecule has 0 fully saturated rings. The summed E-state index contributed by atoms with van der Waals surface area (Å²) >= 11 is 0. The van der Waals surface area contributed by atoms with Crippen LogP contribution in [0.5, 0.6) is 0 Å². The van der Waals surface area contributed by atoms with Crippen molar-refractivity contribution >= 4 is 0 Å². The third-order valence-corrected chi connectivity index (χ3v) is 2.43. The third kappa shape index (κ3) is 2.84. The Morgan fingerprint density at radius 1 is 1.62 bits per heavy atom. The molecule has 3 heteroatoms. The van der Waals surface area contributed by atoms with Crippen LogP contribution in [0.2, 0.25) is 0 Å². The molecule has 0 saturated heterocycles. The summed E-state index contributed by atoms with van der Waals surface area (Å²) in [6, 6.07) is 2.73. The standard InChI is InChI=1S/C10H19N3/c1-8(11-3)5-6-10-7-9(2)12-13(10)4/h7-8,11H,5-6H2,1-4H3. The molecule has 0 saturated carbocycles. The predicted molar refractivity (Wildman–Crippen MR) is 54.8 cm³/mol. The van der Waals surface area contributed by atoms with Crippen LogP contribution in [0.25, 0.3) is 0 Å². The van der Waals surface area contributed by atoms with Gasteiger partial charge in [0, 0.05) is 18.8 Å². The maximum atomic E-state index is 4.31. The fourth-order valence-electron chi connectivity index (χ4n) is 1.41. The Labute approximate surface area is 80.1 Å². The molecule has 1 aromatic rings. The Kier molecular flexibility index (Phi) is 3.48. The lowest BCUT2D eigenvalue weighted by Gasteiger charge is -2.09. The molecule has 1 rings (SSSR count). The van der Waals surface area contributed by atoms with Gasteiger partial charge in [0.25, 0.3) is 0 Å². The van der Waals surface area contributed by atoms with Gasteiger partial charge < -0.3 is 5.32 Å². The van der Waals surface area contributed by atoms with Gasteiger partial charge in [-0.25, -0.2) is 0 Å². The minimum absolute atomic E-state index is 0.579. The lowest BCUT2D eigenvalue weighted by Crippen LogP contribution is -2.21. The number of hydrogen-bond acceptors (Lipinski definition) is 2. The van der Waals surface area contributed by atoms with Gasteiger partial charge in [-0.1, -0.05) is 0 Å². The molecule has 0 aliphatic heterocycles. The van der Waals surface area contributed by atoms with Crippen LogP contribution < -0.4 is 5.32 Å². The summed E-state index contributed by atoms with van der Waals surface area (Å²) < 4.78 is 1.97. The third-order valence-electron chi connectivity index (χ3n) is 2.43. The molecule has 0 bridgehead atoms. The zero-order chi connectivity index (χ0) is 9.84. The van der Waals surface area contributed by atoms with Crippen molar-refractivity contribution in [1.82, 2.24) is 15.1 Å². The predicted octanol–water partition coefficient (Wildman–Crippen LogP) is 1.27. The Hall–Kier alpha value is -0.830. The Bertz CT molecular complexity index is 265. The number of hydrogen-bond donors (Lipinski definition) is 1. The highest BCUT2D eigenvalue weighted by Gasteiger charge is 2.04. The van der Waals surface area contributed by atoms with Crippen LogP contribution in [-0.4, -0.2) is 22.9 Å². The van der Waals surface area contributed by atoms with Crippen LogP contribution in [0.4, 0.5) is 0 Å². The second kappa shape index (κ2) is 4.42. The molecule has 0 aromatic carbocycles. The van der Waals surface area contributed by atoms with Crippen LogP contribution in [0, 0.1) is 6.92 Å². The van der Waals surface area contributed by atoms with Crippen LogP contribution in [0.3, 0.4) is 0 Å². The first kappa shape index (κ1) is 10.3. The molecule has 1 unspecified atom stereocenters. The van der Waals surface area contributed by atoms with E-state index in [2.05, 4.69) is 23.4 Å². The van der Waals surface area contributed by atoms with Gasteiger partial charge in [0.15, 0.2) is 0 Å². The van der Waals surface area contributed by atoms with E-state index in [1.54, 1.807) is 0 Å². The molecule has 13 heavy (non-hydrogen) atoms. The fourth-order valence-corrected chi connectivity index (χ4v) is 1.41. The second-order valence-corrected chi connectivity index (χ2v) is 3.63. The number of rotatable bonds is 4. The highest BCUT2D eigenvalue weighted by atomic mass is 15.3. The van der Waals surface area contributed by atoms with Crippen LogP contribution in [0.1, 0.15) is 24.7 Å². The van der Waals surface area contributed by atoms with Crippen molar-refractivity contribution in [2.75, 3.05) is 7.05 Å². The van der Waals surface area contributed by atoms with Crippen molar-refractivity contribution in [2.24, 2.45) is 7.05 Å². The SMILES string of the molecule is CNC(C)CCc1cc(C)nn1C. The van der Waals surface area contributed by atoms with Crippen LogP contribution >= 0.6 is 0 Å². The van der Waals surface area contributed by atoms with Crippen LogP contribution in [-0.2, 0) is 13.5 Å². The zero-order valence-corrected chi connectivity index (χ0v) is 8.96. The van der Waals surface area contributed by atoms with Gasteiger partial charge in [-0.3, -0.25) is 4.68 Å². The van der Waals surface area contributed by atoms with E-state index < -0.39 is 0 Å². The number of aromatic nitrogens is 2. The van der Waals surface area contributed by atoms with Gasteiger partial charge in [0.05, 0.1) is 5.69 Å². The summed E-state index contributed by atoms with van der Waals surface area (Å²) in [6.07, 6.45) is 2.26. The molecule has 0 aliphatic rings. The summed E-state index contributed by atoms with van der Waals surface area (Å²) in [5.74, 6) is 0. The summed E-state index contributed by atoms with van der Waals surface area (Å²) in [7, 11) is 4.01. The Balaban J connectivity index is 2.49. The van der Waals surface area contributed by atoms with Crippen molar-refractivity contribution in [3.63, 3.8) is 0 Å². The topological polar surface area (TPSA) is 29.9 Å². The largest absolute Gasteiger partial charge is 0.317 e. The van der Waals surface area contributed by atoms with Crippen LogP contribution in [0.15, 0.2) is 6.07 Å². The van der Waals surface area contributed by atoms with E-state index in [9.17, 15) is 0 Å². The van der Waals surface area contributed by atoms with Gasteiger partial charge in [-0.05, 0) is 39.8 Å². The van der Waals surface area contributed by atoms with Gasteiger partial charge in [-0.15, -0.1) is 0 Å². The highest BCUT2D eigenvalue weighted by molar-refractivity contribution is 5.08. The molecule has 0 amide bonds. The lowest BCUT2D eigenvalue weighted by molar-refractivity contribution is 0.550. The normalized spacial score (nSPS) is 13.2. The fraction of sp³-hybridized carbons (Fsp3) is 0.700. The summed E-state index contributed by atoms with van der Waals surface area (Å²) in [5.41, 5.74) is 2.43. The molecular formula is C10H19N3. The first-order chi connectivity index (χ1) is 6.13. The smallest absolute Gasteiger partial charge is 0.0596 e. The monoisotopic (exact) mass is 181 g/mol. The molecule has 0 aliphatic carbocycles. The van der Waals surface area contributed by atoms with Crippen molar-refractivity contribution in [3.05, 3.63) is 17.5 Å². The number of nitrogens with zero attached hydrogens (tertiary/aromatic N) is 2. The molecular weight excluding hydrogens is 162 g/mol. The van der Waals surface area contributed by atoms with E-state index in [0.717, 1.165) is 18.5 Å². The summed E-state index contributed by atoms with van der Waals surface area (Å²) in [6.45, 7) is 4.23.